The van der Waals surface area contributed by atoms with Crippen molar-refractivity contribution in [1.29, 1.82) is 0 Å². The molecule has 0 saturated carbocycles. The second-order valence-electron chi connectivity index (χ2n) is 6.23. The molecule has 0 bridgehead atoms. The topological polar surface area (TPSA) is 70.6 Å². The first kappa shape index (κ1) is 19.7. The quantitative estimate of drug-likeness (QED) is 0.818. The minimum atomic E-state index is -0.293. The Balaban J connectivity index is 1.58. The number of piperazine rings is 1. The Labute approximate surface area is 168 Å². The van der Waals surface area contributed by atoms with Gasteiger partial charge in [-0.3, -0.25) is 14.7 Å². The van der Waals surface area contributed by atoms with Gasteiger partial charge in [0.15, 0.2) is 5.82 Å². The van der Waals surface area contributed by atoms with Crippen LogP contribution in [0.3, 0.4) is 0 Å². The number of methoxy groups -OCH3 is 1. The molecule has 9 heteroatoms. The summed E-state index contributed by atoms with van der Waals surface area (Å²) >= 11 is 12.1. The molecule has 1 unspecified atom stereocenters. The van der Waals surface area contributed by atoms with E-state index in [0.29, 0.717) is 21.6 Å². The third-order valence-corrected chi connectivity index (χ3v) is 5.13. The van der Waals surface area contributed by atoms with Crippen molar-refractivity contribution in [2.75, 3.05) is 43.5 Å². The Morgan fingerprint density at radius 3 is 2.67 bits per heavy atom. The van der Waals surface area contributed by atoms with E-state index in [2.05, 4.69) is 25.1 Å². The molecule has 1 saturated heterocycles. The molecule has 0 aliphatic carbocycles. The minimum absolute atomic E-state index is 0.117. The van der Waals surface area contributed by atoms with Crippen molar-refractivity contribution in [1.82, 2.24) is 14.9 Å². The molecule has 1 aromatic heterocycles. The van der Waals surface area contributed by atoms with Gasteiger partial charge in [0.1, 0.15) is 0 Å². The summed E-state index contributed by atoms with van der Waals surface area (Å²) in [6.07, 6.45) is 3.29. The van der Waals surface area contributed by atoms with Gasteiger partial charge in [-0.05, 0) is 25.1 Å². The van der Waals surface area contributed by atoms with E-state index in [1.807, 2.05) is 6.92 Å². The smallest absolute Gasteiger partial charge is 0.241 e. The van der Waals surface area contributed by atoms with E-state index in [1.54, 1.807) is 37.7 Å². The summed E-state index contributed by atoms with van der Waals surface area (Å²) in [5, 5.41) is 3.84. The molecule has 7 nitrogen and oxygen atoms in total. The summed E-state index contributed by atoms with van der Waals surface area (Å²) in [6.45, 7) is 4.84. The summed E-state index contributed by atoms with van der Waals surface area (Å²) in [5.74, 6) is 1.15. The lowest BCUT2D eigenvalue weighted by Crippen LogP contribution is -2.53. The highest BCUT2D eigenvalue weighted by atomic mass is 35.5. The van der Waals surface area contributed by atoms with Crippen LogP contribution < -0.4 is 15.0 Å². The van der Waals surface area contributed by atoms with Crippen LogP contribution in [-0.2, 0) is 4.79 Å². The van der Waals surface area contributed by atoms with Crippen LogP contribution in [0.15, 0.2) is 30.6 Å². The number of carbonyl (C=O) groups excluding carboxylic acids is 1. The van der Waals surface area contributed by atoms with Gasteiger partial charge in [-0.25, -0.2) is 0 Å². The van der Waals surface area contributed by atoms with Gasteiger partial charge >= 0.3 is 0 Å². The van der Waals surface area contributed by atoms with Crippen LogP contribution in [0.1, 0.15) is 6.92 Å². The average molecular weight is 410 g/mol. The number of nitrogens with one attached hydrogen (secondary N) is 1. The number of rotatable bonds is 5. The Morgan fingerprint density at radius 1 is 1.22 bits per heavy atom. The van der Waals surface area contributed by atoms with E-state index in [9.17, 15) is 4.79 Å². The monoisotopic (exact) mass is 409 g/mol. The zero-order valence-corrected chi connectivity index (χ0v) is 16.7. The highest BCUT2D eigenvalue weighted by Crippen LogP contribution is 2.26. The van der Waals surface area contributed by atoms with Crippen LogP contribution in [0.25, 0.3) is 0 Å². The first-order chi connectivity index (χ1) is 13.0. The van der Waals surface area contributed by atoms with Gasteiger partial charge in [-0.2, -0.15) is 4.98 Å². The predicted molar refractivity (Wildman–Crippen MR) is 107 cm³/mol. The first-order valence-electron chi connectivity index (χ1n) is 8.59. The predicted octanol–water partition coefficient (Wildman–Crippen LogP) is 2.94. The fourth-order valence-corrected chi connectivity index (χ4v) is 3.26. The SMILES string of the molecule is COc1cncc(N2CCN(C(C)C(=O)Nc3cc(Cl)ccc3Cl)CC2)n1. The Morgan fingerprint density at radius 2 is 1.96 bits per heavy atom. The van der Waals surface area contributed by atoms with Gasteiger partial charge in [-0.1, -0.05) is 23.2 Å². The summed E-state index contributed by atoms with van der Waals surface area (Å²) in [5.41, 5.74) is 0.520. The molecule has 2 aromatic rings. The fourth-order valence-electron chi connectivity index (χ4n) is 2.92. The molecule has 144 valence electrons. The number of halogens is 2. The standard InChI is InChI=1S/C18H21Cl2N5O2/c1-12(18(26)22-15-9-13(19)3-4-14(15)20)24-5-7-25(8-6-24)16-10-21-11-17(23-16)27-2/h3-4,9-12H,5-8H2,1-2H3,(H,22,26). The molecule has 2 heterocycles. The van der Waals surface area contributed by atoms with Gasteiger partial charge in [-0.15, -0.1) is 0 Å². The van der Waals surface area contributed by atoms with Crippen LogP contribution in [0.4, 0.5) is 11.5 Å². The number of nitrogens with zero attached hydrogens (tertiary/aromatic N) is 4. The molecule has 1 atom stereocenters. The third kappa shape index (κ3) is 4.80. The van der Waals surface area contributed by atoms with Crippen LogP contribution in [0, 0.1) is 0 Å². The normalized spacial score (nSPS) is 16.1. The Hall–Kier alpha value is -2.09. The van der Waals surface area contributed by atoms with Crippen molar-refractivity contribution in [2.24, 2.45) is 0 Å². The number of hydrogen-bond donors (Lipinski definition) is 1. The van der Waals surface area contributed by atoms with Gasteiger partial charge in [0.05, 0.1) is 36.3 Å². The number of amides is 1. The van der Waals surface area contributed by atoms with Crippen molar-refractivity contribution >= 4 is 40.6 Å². The molecule has 1 aliphatic heterocycles. The number of aromatic nitrogens is 2. The van der Waals surface area contributed by atoms with Crippen LogP contribution in [0.2, 0.25) is 10.0 Å². The lowest BCUT2D eigenvalue weighted by Gasteiger charge is -2.37. The van der Waals surface area contributed by atoms with Crippen molar-refractivity contribution in [3.05, 3.63) is 40.6 Å². The average Bonchev–Trinajstić information content (AvgIpc) is 2.70. The van der Waals surface area contributed by atoms with E-state index in [-0.39, 0.29) is 11.9 Å². The molecule has 1 aliphatic rings. The molecule has 27 heavy (non-hydrogen) atoms. The van der Waals surface area contributed by atoms with Gasteiger partial charge in [0.2, 0.25) is 11.8 Å². The summed E-state index contributed by atoms with van der Waals surface area (Å²) < 4.78 is 5.13. The number of ether oxygens (including phenoxy) is 1. The van der Waals surface area contributed by atoms with Crippen LogP contribution >= 0.6 is 23.2 Å². The maximum Gasteiger partial charge on any atom is 0.241 e. The van der Waals surface area contributed by atoms with E-state index in [4.69, 9.17) is 27.9 Å². The molecule has 3 rings (SSSR count). The number of hydrogen-bond acceptors (Lipinski definition) is 6. The molecule has 1 N–H and O–H groups in total. The zero-order valence-electron chi connectivity index (χ0n) is 15.2. The van der Waals surface area contributed by atoms with Crippen molar-refractivity contribution < 1.29 is 9.53 Å². The number of anilines is 2. The number of carbonyl (C=O) groups is 1. The lowest BCUT2D eigenvalue weighted by atomic mass is 10.2. The molecule has 1 amide bonds. The Kier molecular flexibility index (Phi) is 6.36. The van der Waals surface area contributed by atoms with Crippen molar-refractivity contribution in [3.63, 3.8) is 0 Å². The maximum atomic E-state index is 12.6. The minimum Gasteiger partial charge on any atom is -0.480 e. The van der Waals surface area contributed by atoms with Gasteiger partial charge in [0, 0.05) is 31.2 Å². The van der Waals surface area contributed by atoms with Crippen LogP contribution in [0.5, 0.6) is 5.88 Å². The summed E-state index contributed by atoms with van der Waals surface area (Å²) in [7, 11) is 1.57. The molecule has 1 fully saturated rings. The highest BCUT2D eigenvalue weighted by Gasteiger charge is 2.26. The van der Waals surface area contributed by atoms with Gasteiger partial charge in [0.25, 0.3) is 0 Å². The van der Waals surface area contributed by atoms with Crippen molar-refractivity contribution in [3.8, 4) is 5.88 Å². The third-order valence-electron chi connectivity index (χ3n) is 4.56. The summed E-state index contributed by atoms with van der Waals surface area (Å²) in [6, 6.07) is 4.70. The van der Waals surface area contributed by atoms with E-state index >= 15 is 0 Å². The summed E-state index contributed by atoms with van der Waals surface area (Å²) in [4.78, 5) is 25.4. The molecular weight excluding hydrogens is 389 g/mol. The second-order valence-corrected chi connectivity index (χ2v) is 7.08. The van der Waals surface area contributed by atoms with Crippen molar-refractivity contribution in [2.45, 2.75) is 13.0 Å². The Bertz CT molecular complexity index is 812. The molecule has 0 spiro atoms. The zero-order chi connectivity index (χ0) is 19.4. The maximum absolute atomic E-state index is 12.6. The molecule has 1 aromatic carbocycles. The van der Waals surface area contributed by atoms with E-state index in [1.165, 1.54) is 0 Å². The highest BCUT2D eigenvalue weighted by molar-refractivity contribution is 6.35. The van der Waals surface area contributed by atoms with Crippen LogP contribution in [-0.4, -0.2) is 60.1 Å². The largest absolute Gasteiger partial charge is 0.480 e. The second kappa shape index (κ2) is 8.73. The first-order valence-corrected chi connectivity index (χ1v) is 9.34. The lowest BCUT2D eigenvalue weighted by molar-refractivity contribution is -0.120. The molecular formula is C18H21Cl2N5O2. The fraction of sp³-hybridized carbons (Fsp3) is 0.389. The van der Waals surface area contributed by atoms with Gasteiger partial charge < -0.3 is 15.0 Å². The number of benzene rings is 1. The molecule has 0 radical (unpaired) electrons. The van der Waals surface area contributed by atoms with E-state index < -0.39 is 0 Å². The van der Waals surface area contributed by atoms with E-state index in [0.717, 1.165) is 32.0 Å².